The molecule has 3 rings (SSSR count). The number of phenols is 2. The molecule has 0 unspecified atom stereocenters. The molecule has 1 fully saturated rings. The first-order valence-corrected chi connectivity index (χ1v) is 9.44. The van der Waals surface area contributed by atoms with Crippen LogP contribution in [0.15, 0.2) is 42.5 Å². The van der Waals surface area contributed by atoms with E-state index in [2.05, 4.69) is 29.2 Å². The van der Waals surface area contributed by atoms with Crippen molar-refractivity contribution in [3.8, 4) is 11.5 Å². The third-order valence-corrected chi connectivity index (χ3v) is 5.34. The molecule has 0 aliphatic carbocycles. The summed E-state index contributed by atoms with van der Waals surface area (Å²) in [5, 5.41) is 30.3. The fourth-order valence-electron chi connectivity index (χ4n) is 3.73. The van der Waals surface area contributed by atoms with E-state index >= 15 is 0 Å². The zero-order valence-corrected chi connectivity index (χ0v) is 15.6. The van der Waals surface area contributed by atoms with Crippen LogP contribution in [0.25, 0.3) is 0 Å². The van der Waals surface area contributed by atoms with E-state index in [-0.39, 0.29) is 12.0 Å². The van der Waals surface area contributed by atoms with E-state index in [1.165, 1.54) is 11.6 Å². The van der Waals surface area contributed by atoms with Crippen molar-refractivity contribution in [1.82, 2.24) is 4.90 Å². The van der Waals surface area contributed by atoms with Gasteiger partial charge in [-0.2, -0.15) is 0 Å². The number of nitro groups is 1. The zero-order chi connectivity index (χ0) is 20.1. The Morgan fingerprint density at radius 1 is 1.11 bits per heavy atom. The Hall–Kier alpha value is -2.93. The Morgan fingerprint density at radius 2 is 1.79 bits per heavy atom. The molecule has 0 aromatic heterocycles. The van der Waals surface area contributed by atoms with Gasteiger partial charge in [0.05, 0.1) is 10.5 Å². The largest absolute Gasteiger partial charge is 0.504 e. The molecule has 0 radical (unpaired) electrons. The summed E-state index contributed by atoms with van der Waals surface area (Å²) in [7, 11) is 0. The zero-order valence-electron chi connectivity index (χ0n) is 15.6. The van der Waals surface area contributed by atoms with Gasteiger partial charge >= 0.3 is 5.69 Å². The third-order valence-electron chi connectivity index (χ3n) is 5.34. The van der Waals surface area contributed by atoms with Gasteiger partial charge in [-0.05, 0) is 56.0 Å². The standard InChI is InChI=1S/C21H24N2O5/c24-18(17-6-7-19(25)21(26)20(17)23(27)28)10-13-22-11-8-16(9-12-22)14-15-4-2-1-3-5-15/h1-7,16,25-26H,8-14H2. The second-order valence-electron chi connectivity index (χ2n) is 7.23. The third kappa shape index (κ3) is 4.67. The second-order valence-corrected chi connectivity index (χ2v) is 7.23. The van der Waals surface area contributed by atoms with Gasteiger partial charge in [-0.1, -0.05) is 30.3 Å². The van der Waals surface area contributed by atoms with Crippen LogP contribution < -0.4 is 0 Å². The minimum absolute atomic E-state index is 0.133. The predicted octanol–water partition coefficient (Wildman–Crippen LogP) is 3.53. The van der Waals surface area contributed by atoms with Gasteiger partial charge in [0, 0.05) is 13.0 Å². The van der Waals surface area contributed by atoms with Crippen molar-refractivity contribution in [2.24, 2.45) is 5.92 Å². The van der Waals surface area contributed by atoms with Crippen molar-refractivity contribution in [2.75, 3.05) is 19.6 Å². The molecule has 0 bridgehead atoms. The van der Waals surface area contributed by atoms with Crippen molar-refractivity contribution in [3.05, 3.63) is 63.7 Å². The number of hydrogen-bond donors (Lipinski definition) is 2. The van der Waals surface area contributed by atoms with Crippen molar-refractivity contribution in [3.63, 3.8) is 0 Å². The highest BCUT2D eigenvalue weighted by atomic mass is 16.6. The molecule has 1 aliphatic rings. The number of likely N-dealkylation sites (tertiary alicyclic amines) is 1. The van der Waals surface area contributed by atoms with Crippen LogP contribution >= 0.6 is 0 Å². The van der Waals surface area contributed by atoms with Crippen LogP contribution in [0.5, 0.6) is 11.5 Å². The first-order valence-electron chi connectivity index (χ1n) is 9.44. The number of rotatable bonds is 7. The van der Waals surface area contributed by atoms with Gasteiger partial charge in [0.1, 0.15) is 0 Å². The number of hydrogen-bond acceptors (Lipinski definition) is 6. The van der Waals surface area contributed by atoms with Crippen molar-refractivity contribution < 1.29 is 19.9 Å². The second kappa shape index (κ2) is 8.84. The van der Waals surface area contributed by atoms with E-state index in [0.29, 0.717) is 12.5 Å². The molecule has 2 aromatic rings. The highest BCUT2D eigenvalue weighted by Gasteiger charge is 2.28. The number of nitrogens with zero attached hydrogens (tertiary/aromatic N) is 2. The first-order chi connectivity index (χ1) is 13.5. The first kappa shape index (κ1) is 19.8. The van der Waals surface area contributed by atoms with Gasteiger partial charge in [-0.15, -0.1) is 0 Å². The Balaban J connectivity index is 1.52. The lowest BCUT2D eigenvalue weighted by Gasteiger charge is -2.31. The van der Waals surface area contributed by atoms with Crippen LogP contribution in [0.4, 0.5) is 5.69 Å². The van der Waals surface area contributed by atoms with Gasteiger partial charge in [0.15, 0.2) is 11.5 Å². The normalized spacial score (nSPS) is 15.4. The lowest BCUT2D eigenvalue weighted by Crippen LogP contribution is -2.35. The lowest BCUT2D eigenvalue weighted by atomic mass is 9.90. The van der Waals surface area contributed by atoms with Crippen LogP contribution in [0.1, 0.15) is 35.2 Å². The summed E-state index contributed by atoms with van der Waals surface area (Å²) in [6.07, 6.45) is 3.31. The summed E-state index contributed by atoms with van der Waals surface area (Å²) in [5.41, 5.74) is 0.446. The molecule has 7 heteroatoms. The average Bonchev–Trinajstić information content (AvgIpc) is 2.69. The Labute approximate surface area is 163 Å². The fourth-order valence-corrected chi connectivity index (χ4v) is 3.73. The monoisotopic (exact) mass is 384 g/mol. The van der Waals surface area contributed by atoms with Crippen LogP contribution in [0.3, 0.4) is 0 Å². The number of ketones is 1. The predicted molar refractivity (Wildman–Crippen MR) is 105 cm³/mol. The summed E-state index contributed by atoms with van der Waals surface area (Å²) < 4.78 is 0. The van der Waals surface area contributed by atoms with Crippen molar-refractivity contribution in [1.29, 1.82) is 0 Å². The van der Waals surface area contributed by atoms with Crippen molar-refractivity contribution >= 4 is 11.5 Å². The van der Waals surface area contributed by atoms with Gasteiger partial charge in [-0.25, -0.2) is 0 Å². The summed E-state index contributed by atoms with van der Waals surface area (Å²) in [6.45, 7) is 2.32. The SMILES string of the molecule is O=C(CCN1CCC(Cc2ccccc2)CC1)c1ccc(O)c(O)c1[N+](=O)[O-]. The Morgan fingerprint density at radius 3 is 2.43 bits per heavy atom. The van der Waals surface area contributed by atoms with E-state index in [1.54, 1.807) is 0 Å². The van der Waals surface area contributed by atoms with Crippen molar-refractivity contribution in [2.45, 2.75) is 25.7 Å². The maximum absolute atomic E-state index is 12.5. The summed E-state index contributed by atoms with van der Waals surface area (Å²) in [5.74, 6) is -1.25. The quantitative estimate of drug-likeness (QED) is 0.327. The molecule has 2 N–H and O–H groups in total. The molecule has 0 saturated carbocycles. The highest BCUT2D eigenvalue weighted by molar-refractivity contribution is 6.01. The van der Waals surface area contributed by atoms with Crippen LogP contribution in [0, 0.1) is 16.0 Å². The number of Topliss-reactive ketones (excluding diaryl/α,β-unsaturated/α-hetero) is 1. The minimum atomic E-state index is -0.863. The number of nitro benzene ring substituents is 1. The molecule has 1 heterocycles. The molecule has 0 spiro atoms. The minimum Gasteiger partial charge on any atom is -0.504 e. The number of carbonyl (C=O) groups excluding carboxylic acids is 1. The maximum Gasteiger partial charge on any atom is 0.325 e. The highest BCUT2D eigenvalue weighted by Crippen LogP contribution is 2.38. The summed E-state index contributed by atoms with van der Waals surface area (Å²) in [6, 6.07) is 12.7. The van der Waals surface area contributed by atoms with Crippen LogP contribution in [0.2, 0.25) is 0 Å². The molecular formula is C21H24N2O5. The molecule has 0 amide bonds. The smallest absolute Gasteiger partial charge is 0.325 e. The van der Waals surface area contributed by atoms with Gasteiger partial charge in [-0.3, -0.25) is 14.9 Å². The Kier molecular flexibility index (Phi) is 6.26. The number of phenolic OH excluding ortho intramolecular Hbond substituents is 2. The van der Waals surface area contributed by atoms with E-state index in [4.69, 9.17) is 0 Å². The lowest BCUT2D eigenvalue weighted by molar-refractivity contribution is -0.386. The number of piperidine rings is 1. The molecule has 1 saturated heterocycles. The molecular weight excluding hydrogens is 360 g/mol. The molecule has 0 atom stereocenters. The number of carbonyl (C=O) groups is 1. The van der Waals surface area contributed by atoms with Crippen LogP contribution in [-0.2, 0) is 6.42 Å². The van der Waals surface area contributed by atoms with Gasteiger partial charge in [0.2, 0.25) is 5.75 Å². The topological polar surface area (TPSA) is 104 Å². The molecule has 148 valence electrons. The van der Waals surface area contributed by atoms with E-state index < -0.39 is 27.9 Å². The van der Waals surface area contributed by atoms with Gasteiger partial charge < -0.3 is 15.1 Å². The average molecular weight is 384 g/mol. The summed E-state index contributed by atoms with van der Waals surface area (Å²) >= 11 is 0. The molecule has 1 aliphatic heterocycles. The Bertz CT molecular complexity index is 845. The summed E-state index contributed by atoms with van der Waals surface area (Å²) in [4.78, 5) is 25.0. The molecule has 28 heavy (non-hydrogen) atoms. The van der Waals surface area contributed by atoms with Crippen LogP contribution in [-0.4, -0.2) is 45.5 Å². The number of aromatic hydroxyl groups is 2. The molecule has 7 nitrogen and oxygen atoms in total. The number of benzene rings is 2. The van der Waals surface area contributed by atoms with E-state index in [0.717, 1.165) is 38.4 Å². The maximum atomic E-state index is 12.5. The van der Waals surface area contributed by atoms with E-state index in [9.17, 15) is 25.1 Å². The molecule has 2 aromatic carbocycles. The van der Waals surface area contributed by atoms with E-state index in [1.807, 2.05) is 6.07 Å². The van der Waals surface area contributed by atoms with Gasteiger partial charge in [0.25, 0.3) is 0 Å². The fraction of sp³-hybridized carbons (Fsp3) is 0.381.